The summed E-state index contributed by atoms with van der Waals surface area (Å²) in [5, 5.41) is 36.7. The Hall–Kier alpha value is -3.68. The molecule has 0 radical (unpaired) electrons. The molecule has 24 heavy (non-hydrogen) atoms. The van der Waals surface area contributed by atoms with Crippen molar-refractivity contribution in [3.63, 3.8) is 0 Å². The number of carbonyl (C=O) groups is 4. The van der Waals surface area contributed by atoms with Crippen LogP contribution in [0.5, 0.6) is 0 Å². The molecule has 0 fully saturated rings. The van der Waals surface area contributed by atoms with Crippen LogP contribution in [0.4, 0.5) is 0 Å². The summed E-state index contributed by atoms with van der Waals surface area (Å²) >= 11 is 0. The standard InChI is InChI=1S/C16H10O8/c17-13(18)8-4-7(5-9(6-8)14(19)20)12-10(15(21)22)2-1-3-11(12)16(23)24/h1-6H,(H,17,18)(H,19,20)(H,21,22)(H,23,24). The molecule has 8 nitrogen and oxygen atoms in total. The Balaban J connectivity index is 2.89. The Morgan fingerprint density at radius 3 is 1.38 bits per heavy atom. The molecule has 0 saturated carbocycles. The van der Waals surface area contributed by atoms with E-state index in [1.807, 2.05) is 0 Å². The van der Waals surface area contributed by atoms with Crippen LogP contribution < -0.4 is 0 Å². The normalized spacial score (nSPS) is 10.2. The van der Waals surface area contributed by atoms with Gasteiger partial charge in [-0.3, -0.25) is 0 Å². The van der Waals surface area contributed by atoms with E-state index < -0.39 is 35.0 Å². The maximum atomic E-state index is 11.4. The zero-order valence-electron chi connectivity index (χ0n) is 11.9. The Morgan fingerprint density at radius 1 is 0.625 bits per heavy atom. The third kappa shape index (κ3) is 3.07. The molecule has 2 aromatic rings. The van der Waals surface area contributed by atoms with Gasteiger partial charge in [-0.1, -0.05) is 6.07 Å². The first kappa shape index (κ1) is 16.7. The summed E-state index contributed by atoms with van der Waals surface area (Å²) in [6.07, 6.45) is 0. The molecule has 0 heterocycles. The van der Waals surface area contributed by atoms with E-state index in [-0.39, 0.29) is 22.3 Å². The highest BCUT2D eigenvalue weighted by atomic mass is 16.4. The van der Waals surface area contributed by atoms with Crippen molar-refractivity contribution in [3.05, 3.63) is 58.7 Å². The third-order valence-corrected chi connectivity index (χ3v) is 3.24. The number of rotatable bonds is 5. The van der Waals surface area contributed by atoms with Gasteiger partial charge in [0.2, 0.25) is 0 Å². The predicted octanol–water partition coefficient (Wildman–Crippen LogP) is 2.15. The van der Waals surface area contributed by atoms with Crippen LogP contribution >= 0.6 is 0 Å². The van der Waals surface area contributed by atoms with Gasteiger partial charge in [0, 0.05) is 5.56 Å². The summed E-state index contributed by atoms with van der Waals surface area (Å²) < 4.78 is 0. The van der Waals surface area contributed by atoms with Crippen LogP contribution in [0.1, 0.15) is 41.4 Å². The van der Waals surface area contributed by atoms with Crippen LogP contribution in [-0.4, -0.2) is 44.3 Å². The van der Waals surface area contributed by atoms with Gasteiger partial charge in [-0.15, -0.1) is 0 Å². The maximum absolute atomic E-state index is 11.4. The minimum absolute atomic E-state index is 0.122. The number of carboxylic acid groups (broad SMARTS) is 4. The lowest BCUT2D eigenvalue weighted by molar-refractivity contribution is 0.0678. The minimum Gasteiger partial charge on any atom is -0.478 e. The predicted molar refractivity (Wildman–Crippen MR) is 79.7 cm³/mol. The van der Waals surface area contributed by atoms with Crippen molar-refractivity contribution in [3.8, 4) is 11.1 Å². The quantitative estimate of drug-likeness (QED) is 0.651. The van der Waals surface area contributed by atoms with Crippen molar-refractivity contribution in [2.45, 2.75) is 0 Å². The van der Waals surface area contributed by atoms with Gasteiger partial charge >= 0.3 is 23.9 Å². The van der Waals surface area contributed by atoms with E-state index in [4.69, 9.17) is 10.2 Å². The van der Waals surface area contributed by atoms with Crippen molar-refractivity contribution in [1.82, 2.24) is 0 Å². The number of carboxylic acids is 4. The molecule has 0 bridgehead atoms. The molecule has 0 aliphatic heterocycles. The topological polar surface area (TPSA) is 149 Å². The summed E-state index contributed by atoms with van der Waals surface area (Å²) in [5.41, 5.74) is -1.95. The smallest absolute Gasteiger partial charge is 0.336 e. The van der Waals surface area contributed by atoms with E-state index in [1.54, 1.807) is 0 Å². The fraction of sp³-hybridized carbons (Fsp3) is 0. The molecule has 0 aromatic heterocycles. The van der Waals surface area contributed by atoms with Gasteiger partial charge in [0.05, 0.1) is 22.3 Å². The van der Waals surface area contributed by atoms with Gasteiger partial charge in [0.15, 0.2) is 0 Å². The maximum Gasteiger partial charge on any atom is 0.336 e. The second-order valence-electron chi connectivity index (χ2n) is 4.75. The van der Waals surface area contributed by atoms with Crippen molar-refractivity contribution in [1.29, 1.82) is 0 Å². The van der Waals surface area contributed by atoms with Crippen molar-refractivity contribution in [2.75, 3.05) is 0 Å². The highest BCUT2D eigenvalue weighted by Gasteiger charge is 2.22. The Morgan fingerprint density at radius 2 is 1.04 bits per heavy atom. The third-order valence-electron chi connectivity index (χ3n) is 3.24. The summed E-state index contributed by atoms with van der Waals surface area (Å²) in [5.74, 6) is -5.70. The van der Waals surface area contributed by atoms with Gasteiger partial charge in [-0.25, -0.2) is 19.2 Å². The fourth-order valence-corrected chi connectivity index (χ4v) is 2.24. The molecule has 0 spiro atoms. The monoisotopic (exact) mass is 330 g/mol. The van der Waals surface area contributed by atoms with Gasteiger partial charge < -0.3 is 20.4 Å². The van der Waals surface area contributed by atoms with Gasteiger partial charge in [0.25, 0.3) is 0 Å². The molecule has 4 N–H and O–H groups in total. The van der Waals surface area contributed by atoms with E-state index in [1.165, 1.54) is 6.07 Å². The molecule has 2 aromatic carbocycles. The van der Waals surface area contributed by atoms with E-state index in [0.717, 1.165) is 30.3 Å². The fourth-order valence-electron chi connectivity index (χ4n) is 2.24. The summed E-state index contributed by atoms with van der Waals surface area (Å²) in [6.45, 7) is 0. The molecule has 0 saturated heterocycles. The average Bonchev–Trinajstić information content (AvgIpc) is 2.53. The molecule has 0 aliphatic carbocycles. The van der Waals surface area contributed by atoms with Crippen molar-refractivity contribution < 1.29 is 39.6 Å². The van der Waals surface area contributed by atoms with E-state index in [0.29, 0.717) is 0 Å². The number of aromatic carboxylic acids is 4. The van der Waals surface area contributed by atoms with Crippen LogP contribution in [-0.2, 0) is 0 Å². The molecule has 8 heteroatoms. The van der Waals surface area contributed by atoms with Crippen LogP contribution in [0.3, 0.4) is 0 Å². The molecular formula is C16H10O8. The summed E-state index contributed by atoms with van der Waals surface area (Å²) in [7, 11) is 0. The van der Waals surface area contributed by atoms with E-state index in [9.17, 15) is 29.4 Å². The molecule has 0 aliphatic rings. The SMILES string of the molecule is O=C(O)c1cc(C(=O)O)cc(-c2c(C(=O)O)cccc2C(=O)O)c1. The molecule has 122 valence electrons. The first-order chi connectivity index (χ1) is 11.2. The first-order valence-electron chi connectivity index (χ1n) is 6.44. The van der Waals surface area contributed by atoms with Gasteiger partial charge in [0.1, 0.15) is 0 Å². The van der Waals surface area contributed by atoms with Gasteiger partial charge in [-0.2, -0.15) is 0 Å². The lowest BCUT2D eigenvalue weighted by Crippen LogP contribution is -2.09. The molecule has 0 amide bonds. The minimum atomic E-state index is -1.43. The Labute approximate surface area is 134 Å². The van der Waals surface area contributed by atoms with Gasteiger partial charge in [-0.05, 0) is 35.9 Å². The molecule has 2 rings (SSSR count). The average molecular weight is 330 g/mol. The highest BCUT2D eigenvalue weighted by Crippen LogP contribution is 2.30. The van der Waals surface area contributed by atoms with Crippen molar-refractivity contribution in [2.24, 2.45) is 0 Å². The zero-order valence-corrected chi connectivity index (χ0v) is 11.9. The second-order valence-corrected chi connectivity index (χ2v) is 4.75. The van der Waals surface area contributed by atoms with Crippen LogP contribution in [0.25, 0.3) is 11.1 Å². The van der Waals surface area contributed by atoms with Crippen LogP contribution in [0.15, 0.2) is 36.4 Å². The lowest BCUT2D eigenvalue weighted by atomic mass is 9.91. The highest BCUT2D eigenvalue weighted by molar-refractivity contribution is 6.06. The Kier molecular flexibility index (Phi) is 4.32. The number of hydrogen-bond donors (Lipinski definition) is 4. The van der Waals surface area contributed by atoms with E-state index in [2.05, 4.69) is 0 Å². The second kappa shape index (κ2) is 6.21. The van der Waals surface area contributed by atoms with Crippen LogP contribution in [0.2, 0.25) is 0 Å². The number of hydrogen-bond acceptors (Lipinski definition) is 4. The largest absolute Gasteiger partial charge is 0.478 e. The molecule has 0 atom stereocenters. The van der Waals surface area contributed by atoms with Crippen molar-refractivity contribution >= 4 is 23.9 Å². The first-order valence-corrected chi connectivity index (χ1v) is 6.44. The zero-order chi connectivity index (χ0) is 18.0. The molecular weight excluding hydrogens is 320 g/mol. The summed E-state index contributed by atoms with van der Waals surface area (Å²) in [6, 6.07) is 6.50. The summed E-state index contributed by atoms with van der Waals surface area (Å²) in [4.78, 5) is 45.1. The number of benzene rings is 2. The van der Waals surface area contributed by atoms with Crippen LogP contribution in [0, 0.1) is 0 Å². The van der Waals surface area contributed by atoms with E-state index >= 15 is 0 Å². The lowest BCUT2D eigenvalue weighted by Gasteiger charge is -2.12. The Bertz CT molecular complexity index is 817. The molecule has 0 unspecified atom stereocenters.